The molecular formula is C13H17NO3S. The van der Waals surface area contributed by atoms with Gasteiger partial charge in [-0.2, -0.15) is 11.3 Å². The molecule has 2 heterocycles. The molecule has 1 aliphatic rings. The zero-order chi connectivity index (χ0) is 13.2. The van der Waals surface area contributed by atoms with Crippen molar-refractivity contribution in [1.29, 1.82) is 0 Å². The lowest BCUT2D eigenvalue weighted by atomic mass is 9.90. The molecule has 1 aromatic heterocycles. The molecule has 1 saturated heterocycles. The normalized spacial score (nSPS) is 23.3. The number of hydrogen-bond acceptors (Lipinski definition) is 3. The number of carboxylic acids is 1. The molecule has 1 atom stereocenters. The Hall–Kier alpha value is -1.36. The predicted octanol–water partition coefficient (Wildman–Crippen LogP) is 2.61. The Morgan fingerprint density at radius 3 is 2.89 bits per heavy atom. The smallest absolute Gasteiger partial charge is 0.329 e. The average Bonchev–Trinajstić information content (AvgIpc) is 2.98. The van der Waals surface area contributed by atoms with Crippen molar-refractivity contribution in [3.63, 3.8) is 0 Å². The van der Waals surface area contributed by atoms with Gasteiger partial charge < -0.3 is 10.0 Å². The third kappa shape index (κ3) is 2.03. The minimum absolute atomic E-state index is 0.149. The minimum atomic E-state index is -0.992. The van der Waals surface area contributed by atoms with Crippen LogP contribution in [0.25, 0.3) is 0 Å². The van der Waals surface area contributed by atoms with Gasteiger partial charge in [0.1, 0.15) is 5.54 Å². The van der Waals surface area contributed by atoms with E-state index < -0.39 is 11.5 Å². The van der Waals surface area contributed by atoms with Crippen LogP contribution < -0.4 is 0 Å². The summed E-state index contributed by atoms with van der Waals surface area (Å²) < 4.78 is 0. The molecule has 2 rings (SSSR count). The topological polar surface area (TPSA) is 57.6 Å². The molecule has 18 heavy (non-hydrogen) atoms. The molecule has 0 spiro atoms. The number of carbonyl (C=O) groups excluding carboxylic acids is 1. The number of thiophene rings is 1. The number of hydrogen-bond donors (Lipinski definition) is 1. The predicted molar refractivity (Wildman–Crippen MR) is 69.9 cm³/mol. The molecule has 1 fully saturated rings. The molecule has 1 aromatic rings. The summed E-state index contributed by atoms with van der Waals surface area (Å²) in [6, 6.07) is 1.75. The van der Waals surface area contributed by atoms with Crippen LogP contribution in [0.3, 0.4) is 0 Å². The highest BCUT2D eigenvalue weighted by molar-refractivity contribution is 7.08. The average molecular weight is 267 g/mol. The second-order valence-corrected chi connectivity index (χ2v) is 5.44. The van der Waals surface area contributed by atoms with Crippen LogP contribution in [0, 0.1) is 0 Å². The molecule has 1 aliphatic heterocycles. The van der Waals surface area contributed by atoms with Gasteiger partial charge in [-0.1, -0.05) is 13.3 Å². The Morgan fingerprint density at radius 2 is 2.33 bits per heavy atom. The molecule has 98 valence electrons. The Bertz CT molecular complexity index is 443. The van der Waals surface area contributed by atoms with Gasteiger partial charge in [0.25, 0.3) is 5.91 Å². The van der Waals surface area contributed by atoms with Crippen molar-refractivity contribution in [3.05, 3.63) is 22.4 Å². The summed E-state index contributed by atoms with van der Waals surface area (Å²) in [5, 5.41) is 13.1. The fraction of sp³-hybridized carbons (Fsp3) is 0.538. The van der Waals surface area contributed by atoms with E-state index >= 15 is 0 Å². The Balaban J connectivity index is 2.30. The van der Waals surface area contributed by atoms with Crippen LogP contribution in [0.2, 0.25) is 0 Å². The van der Waals surface area contributed by atoms with Crippen molar-refractivity contribution in [2.24, 2.45) is 0 Å². The highest BCUT2D eigenvalue weighted by Crippen LogP contribution is 2.35. The highest BCUT2D eigenvalue weighted by Gasteiger charge is 2.49. The zero-order valence-corrected chi connectivity index (χ0v) is 11.2. The van der Waals surface area contributed by atoms with Gasteiger partial charge >= 0.3 is 5.97 Å². The number of carbonyl (C=O) groups is 2. The molecule has 0 aromatic carbocycles. The van der Waals surface area contributed by atoms with Crippen molar-refractivity contribution < 1.29 is 14.7 Å². The van der Waals surface area contributed by atoms with Crippen LogP contribution in [-0.2, 0) is 4.79 Å². The standard InChI is InChI=1S/C13H17NO3S/c1-2-5-13(12(16)17)6-3-7-14(13)11(15)10-4-8-18-9-10/h4,8-9H,2-3,5-7H2,1H3,(H,16,17). The largest absolute Gasteiger partial charge is 0.479 e. The number of amides is 1. The molecule has 0 radical (unpaired) electrons. The molecule has 5 heteroatoms. The van der Waals surface area contributed by atoms with E-state index in [-0.39, 0.29) is 5.91 Å². The maximum absolute atomic E-state index is 12.4. The van der Waals surface area contributed by atoms with Gasteiger partial charge in [-0.25, -0.2) is 4.79 Å². The van der Waals surface area contributed by atoms with Crippen LogP contribution in [0.5, 0.6) is 0 Å². The van der Waals surface area contributed by atoms with Crippen LogP contribution in [0.4, 0.5) is 0 Å². The van der Waals surface area contributed by atoms with Gasteiger partial charge in [-0.15, -0.1) is 0 Å². The van der Waals surface area contributed by atoms with E-state index in [9.17, 15) is 14.7 Å². The van der Waals surface area contributed by atoms with Crippen molar-refractivity contribution in [3.8, 4) is 0 Å². The fourth-order valence-corrected chi connectivity index (χ4v) is 3.35. The Kier molecular flexibility index (Phi) is 3.71. The third-order valence-electron chi connectivity index (χ3n) is 3.56. The minimum Gasteiger partial charge on any atom is -0.479 e. The van der Waals surface area contributed by atoms with Gasteiger partial charge in [0, 0.05) is 11.9 Å². The number of carboxylic acid groups (broad SMARTS) is 1. The number of nitrogens with zero attached hydrogens (tertiary/aromatic N) is 1. The van der Waals surface area contributed by atoms with Crippen LogP contribution in [-0.4, -0.2) is 34.0 Å². The first kappa shape index (κ1) is 13.1. The first-order valence-corrected chi connectivity index (χ1v) is 7.13. The quantitative estimate of drug-likeness (QED) is 0.912. The summed E-state index contributed by atoms with van der Waals surface area (Å²) >= 11 is 1.45. The van der Waals surface area contributed by atoms with E-state index in [1.54, 1.807) is 16.3 Å². The summed E-state index contributed by atoms with van der Waals surface area (Å²) in [5.74, 6) is -1.02. The summed E-state index contributed by atoms with van der Waals surface area (Å²) in [6.07, 6.45) is 2.62. The van der Waals surface area contributed by atoms with E-state index in [2.05, 4.69) is 0 Å². The van der Waals surface area contributed by atoms with E-state index in [0.29, 0.717) is 24.9 Å². The van der Waals surface area contributed by atoms with Gasteiger partial charge in [0.05, 0.1) is 5.56 Å². The summed E-state index contributed by atoms with van der Waals surface area (Å²) in [4.78, 5) is 25.5. The SMILES string of the molecule is CCCC1(C(=O)O)CCCN1C(=O)c1ccsc1. The lowest BCUT2D eigenvalue weighted by Crippen LogP contribution is -2.53. The lowest BCUT2D eigenvalue weighted by Gasteiger charge is -2.34. The molecule has 1 N–H and O–H groups in total. The molecular weight excluding hydrogens is 250 g/mol. The summed E-state index contributed by atoms with van der Waals surface area (Å²) in [7, 11) is 0. The molecule has 4 nitrogen and oxygen atoms in total. The highest BCUT2D eigenvalue weighted by atomic mass is 32.1. The van der Waals surface area contributed by atoms with Crippen molar-refractivity contribution >= 4 is 23.2 Å². The first-order chi connectivity index (χ1) is 8.62. The van der Waals surface area contributed by atoms with Crippen molar-refractivity contribution in [1.82, 2.24) is 4.90 Å². The van der Waals surface area contributed by atoms with Crippen molar-refractivity contribution in [2.45, 2.75) is 38.1 Å². The fourth-order valence-electron chi connectivity index (χ4n) is 2.72. The molecule has 1 amide bonds. The molecule has 1 unspecified atom stereocenters. The monoisotopic (exact) mass is 267 g/mol. The Morgan fingerprint density at radius 1 is 1.56 bits per heavy atom. The van der Waals surface area contributed by atoms with Crippen LogP contribution in [0.15, 0.2) is 16.8 Å². The van der Waals surface area contributed by atoms with Crippen LogP contribution >= 0.6 is 11.3 Å². The molecule has 0 saturated carbocycles. The van der Waals surface area contributed by atoms with Gasteiger partial charge in [0.2, 0.25) is 0 Å². The Labute approximate surface area is 110 Å². The van der Waals surface area contributed by atoms with E-state index in [1.807, 2.05) is 12.3 Å². The second-order valence-electron chi connectivity index (χ2n) is 4.66. The third-order valence-corrected chi connectivity index (χ3v) is 4.25. The molecule has 0 aliphatic carbocycles. The summed E-state index contributed by atoms with van der Waals surface area (Å²) in [5.41, 5.74) is -0.392. The summed E-state index contributed by atoms with van der Waals surface area (Å²) in [6.45, 7) is 2.50. The molecule has 0 bridgehead atoms. The maximum atomic E-state index is 12.4. The van der Waals surface area contributed by atoms with Crippen LogP contribution in [0.1, 0.15) is 43.0 Å². The number of rotatable bonds is 4. The van der Waals surface area contributed by atoms with E-state index in [0.717, 1.165) is 12.8 Å². The van der Waals surface area contributed by atoms with Gasteiger partial charge in [-0.3, -0.25) is 4.79 Å². The first-order valence-electron chi connectivity index (χ1n) is 6.19. The lowest BCUT2D eigenvalue weighted by molar-refractivity contribution is -0.148. The number of aliphatic carboxylic acids is 1. The van der Waals surface area contributed by atoms with Crippen molar-refractivity contribution in [2.75, 3.05) is 6.54 Å². The maximum Gasteiger partial charge on any atom is 0.329 e. The zero-order valence-electron chi connectivity index (χ0n) is 10.4. The number of likely N-dealkylation sites (tertiary alicyclic amines) is 1. The second kappa shape index (κ2) is 5.10. The van der Waals surface area contributed by atoms with Gasteiger partial charge in [-0.05, 0) is 30.7 Å². The van der Waals surface area contributed by atoms with Gasteiger partial charge in [0.15, 0.2) is 0 Å². The van der Waals surface area contributed by atoms with E-state index in [1.165, 1.54) is 11.3 Å². The van der Waals surface area contributed by atoms with E-state index in [4.69, 9.17) is 0 Å².